The van der Waals surface area contributed by atoms with Gasteiger partial charge in [-0.15, -0.1) is 0 Å². The first kappa shape index (κ1) is 10.6. The Morgan fingerprint density at radius 1 is 1.33 bits per heavy atom. The first-order valence-corrected chi connectivity index (χ1v) is 5.29. The average Bonchev–Trinajstić information content (AvgIpc) is 2.16. The molecule has 2 N–H and O–H groups in total. The van der Waals surface area contributed by atoms with Crippen LogP contribution in [0.25, 0.3) is 10.8 Å². The zero-order valence-corrected chi connectivity index (χ0v) is 9.83. The largest absolute Gasteiger partial charge is 0.388 e. The molecule has 0 saturated carbocycles. The first-order chi connectivity index (χ1) is 7.09. The van der Waals surface area contributed by atoms with Gasteiger partial charge in [0.05, 0.1) is 5.02 Å². The molecule has 0 aliphatic heterocycles. The lowest BCUT2D eigenvalue weighted by Crippen LogP contribution is -2.12. The fourth-order valence-electron chi connectivity index (χ4n) is 1.42. The Bertz CT molecular complexity index is 554. The van der Waals surface area contributed by atoms with Crippen LogP contribution in [0.4, 0.5) is 0 Å². The molecule has 0 aliphatic rings. The molecule has 0 radical (unpaired) electrons. The number of halogens is 2. The van der Waals surface area contributed by atoms with Crippen molar-refractivity contribution >= 4 is 51.2 Å². The van der Waals surface area contributed by atoms with Gasteiger partial charge < -0.3 is 5.73 Å². The lowest BCUT2D eigenvalue weighted by atomic mass is 10.1. The van der Waals surface area contributed by atoms with E-state index >= 15 is 0 Å². The standard InChI is InChI=1S/C10H6Cl2N2S/c11-6-3-5-1-2-14-9(10(13)15)8(5)7(12)4-6/h1-4H,(H2,13,15). The van der Waals surface area contributed by atoms with Crippen molar-refractivity contribution in [1.29, 1.82) is 0 Å². The van der Waals surface area contributed by atoms with Crippen LogP contribution in [0.1, 0.15) is 5.69 Å². The lowest BCUT2D eigenvalue weighted by Gasteiger charge is -2.06. The minimum atomic E-state index is 0.227. The van der Waals surface area contributed by atoms with E-state index in [2.05, 4.69) is 4.98 Å². The maximum Gasteiger partial charge on any atom is 0.123 e. The van der Waals surface area contributed by atoms with Crippen LogP contribution in [0.15, 0.2) is 24.4 Å². The summed E-state index contributed by atoms with van der Waals surface area (Å²) >= 11 is 16.9. The van der Waals surface area contributed by atoms with Gasteiger partial charge in [0.1, 0.15) is 10.7 Å². The Labute approximate surface area is 102 Å². The van der Waals surface area contributed by atoms with E-state index in [9.17, 15) is 0 Å². The van der Waals surface area contributed by atoms with Gasteiger partial charge in [-0.25, -0.2) is 0 Å². The van der Waals surface area contributed by atoms with Crippen molar-refractivity contribution in [3.63, 3.8) is 0 Å². The molecule has 15 heavy (non-hydrogen) atoms. The van der Waals surface area contributed by atoms with Crippen LogP contribution in [-0.4, -0.2) is 9.97 Å². The molecule has 1 aromatic heterocycles. The van der Waals surface area contributed by atoms with Crippen LogP contribution in [0.3, 0.4) is 0 Å². The van der Waals surface area contributed by atoms with E-state index in [1.165, 1.54) is 0 Å². The molecule has 0 aliphatic carbocycles. The van der Waals surface area contributed by atoms with Gasteiger partial charge in [0.15, 0.2) is 0 Å². The first-order valence-electron chi connectivity index (χ1n) is 4.13. The fourth-order valence-corrected chi connectivity index (χ4v) is 2.17. The van der Waals surface area contributed by atoms with E-state index in [-0.39, 0.29) is 4.99 Å². The smallest absolute Gasteiger partial charge is 0.123 e. The van der Waals surface area contributed by atoms with Crippen molar-refractivity contribution in [2.24, 2.45) is 5.73 Å². The summed E-state index contributed by atoms with van der Waals surface area (Å²) in [6.07, 6.45) is 1.63. The van der Waals surface area contributed by atoms with Gasteiger partial charge in [0, 0.05) is 16.6 Å². The predicted octanol–water partition coefficient (Wildman–Crippen LogP) is 3.18. The molecule has 0 fully saturated rings. The van der Waals surface area contributed by atoms with Crippen molar-refractivity contribution in [1.82, 2.24) is 4.98 Å². The Morgan fingerprint density at radius 2 is 2.07 bits per heavy atom. The monoisotopic (exact) mass is 256 g/mol. The number of fused-ring (bicyclic) bond motifs is 1. The van der Waals surface area contributed by atoms with Crippen molar-refractivity contribution in [3.05, 3.63) is 40.1 Å². The van der Waals surface area contributed by atoms with Gasteiger partial charge in [-0.2, -0.15) is 0 Å². The molecule has 76 valence electrons. The average molecular weight is 257 g/mol. The molecule has 2 aromatic rings. The zero-order chi connectivity index (χ0) is 11.0. The Kier molecular flexibility index (Phi) is 2.78. The van der Waals surface area contributed by atoms with Gasteiger partial charge in [0.25, 0.3) is 0 Å². The van der Waals surface area contributed by atoms with Crippen molar-refractivity contribution in [2.45, 2.75) is 0 Å². The van der Waals surface area contributed by atoms with Crippen molar-refractivity contribution in [3.8, 4) is 0 Å². The second-order valence-electron chi connectivity index (χ2n) is 3.01. The Hall–Kier alpha value is -0.900. The van der Waals surface area contributed by atoms with E-state index in [1.807, 2.05) is 6.07 Å². The number of rotatable bonds is 1. The molecule has 0 spiro atoms. The highest BCUT2D eigenvalue weighted by atomic mass is 35.5. The third kappa shape index (κ3) is 1.91. The maximum absolute atomic E-state index is 6.07. The quantitative estimate of drug-likeness (QED) is 0.797. The molecular formula is C10H6Cl2N2S. The topological polar surface area (TPSA) is 38.9 Å². The van der Waals surface area contributed by atoms with Gasteiger partial charge in [-0.3, -0.25) is 4.98 Å². The van der Waals surface area contributed by atoms with Crippen LogP contribution in [0.5, 0.6) is 0 Å². The van der Waals surface area contributed by atoms with Crippen LogP contribution in [-0.2, 0) is 0 Å². The van der Waals surface area contributed by atoms with Crippen LogP contribution >= 0.6 is 35.4 Å². The highest BCUT2D eigenvalue weighted by Gasteiger charge is 2.09. The normalized spacial score (nSPS) is 10.5. The molecule has 1 aromatic carbocycles. The molecule has 0 atom stereocenters. The van der Waals surface area contributed by atoms with Gasteiger partial charge in [-0.05, 0) is 23.6 Å². The highest BCUT2D eigenvalue weighted by molar-refractivity contribution is 7.80. The number of benzene rings is 1. The molecule has 0 bridgehead atoms. The van der Waals surface area contributed by atoms with Gasteiger partial charge >= 0.3 is 0 Å². The SMILES string of the molecule is NC(=S)c1nccc2cc(Cl)cc(Cl)c12. The number of pyridine rings is 1. The fraction of sp³-hybridized carbons (Fsp3) is 0. The molecule has 1 heterocycles. The van der Waals surface area contributed by atoms with Crippen LogP contribution in [0, 0.1) is 0 Å². The number of thiocarbonyl (C=S) groups is 1. The number of aromatic nitrogens is 1. The summed E-state index contributed by atoms with van der Waals surface area (Å²) in [6.45, 7) is 0. The van der Waals surface area contributed by atoms with Gasteiger partial charge in [0.2, 0.25) is 0 Å². The van der Waals surface area contributed by atoms with E-state index in [4.69, 9.17) is 41.2 Å². The third-order valence-electron chi connectivity index (χ3n) is 2.01. The molecule has 2 nitrogen and oxygen atoms in total. The summed E-state index contributed by atoms with van der Waals surface area (Å²) in [7, 11) is 0. The lowest BCUT2D eigenvalue weighted by molar-refractivity contribution is 1.33. The summed E-state index contributed by atoms with van der Waals surface area (Å²) in [4.78, 5) is 4.33. The summed E-state index contributed by atoms with van der Waals surface area (Å²) < 4.78 is 0. The molecular weight excluding hydrogens is 251 g/mol. The van der Waals surface area contributed by atoms with Crippen LogP contribution < -0.4 is 5.73 Å². The second-order valence-corrected chi connectivity index (χ2v) is 4.29. The van der Waals surface area contributed by atoms with E-state index in [0.717, 1.165) is 10.8 Å². The second kappa shape index (κ2) is 3.93. The summed E-state index contributed by atoms with van der Waals surface area (Å²) in [6, 6.07) is 5.26. The molecule has 0 saturated heterocycles. The minimum Gasteiger partial charge on any atom is -0.388 e. The third-order valence-corrected chi connectivity index (χ3v) is 2.72. The molecule has 5 heteroatoms. The minimum absolute atomic E-state index is 0.227. The van der Waals surface area contributed by atoms with Gasteiger partial charge in [-0.1, -0.05) is 35.4 Å². The number of nitrogens with two attached hydrogens (primary N) is 1. The van der Waals surface area contributed by atoms with E-state index in [1.54, 1.807) is 18.3 Å². The highest BCUT2D eigenvalue weighted by Crippen LogP contribution is 2.29. The Morgan fingerprint density at radius 3 is 2.73 bits per heavy atom. The predicted molar refractivity (Wildman–Crippen MR) is 67.7 cm³/mol. The van der Waals surface area contributed by atoms with E-state index < -0.39 is 0 Å². The maximum atomic E-state index is 6.07. The summed E-state index contributed by atoms with van der Waals surface area (Å²) in [5.74, 6) is 0. The van der Waals surface area contributed by atoms with Crippen molar-refractivity contribution in [2.75, 3.05) is 0 Å². The molecule has 0 unspecified atom stereocenters. The summed E-state index contributed by atoms with van der Waals surface area (Å²) in [5, 5.41) is 2.71. The van der Waals surface area contributed by atoms with Crippen LogP contribution in [0.2, 0.25) is 10.0 Å². The number of nitrogens with zero attached hydrogens (tertiary/aromatic N) is 1. The zero-order valence-electron chi connectivity index (χ0n) is 7.50. The molecule has 2 rings (SSSR count). The van der Waals surface area contributed by atoms with E-state index in [0.29, 0.717) is 15.7 Å². The van der Waals surface area contributed by atoms with Crippen molar-refractivity contribution < 1.29 is 0 Å². The Balaban J connectivity index is 2.91. The summed E-state index contributed by atoms with van der Waals surface area (Å²) in [5.41, 5.74) is 6.10. The number of hydrogen-bond donors (Lipinski definition) is 1. The molecule has 0 amide bonds. The number of hydrogen-bond acceptors (Lipinski definition) is 2.